The molecule has 1 amide bonds. The number of rotatable bonds is 4. The summed E-state index contributed by atoms with van der Waals surface area (Å²) in [6.45, 7) is 6.16. The molecule has 118 valence electrons. The predicted octanol–water partition coefficient (Wildman–Crippen LogP) is 4.08. The molecule has 1 rings (SSSR count). The average molecular weight is 323 g/mol. The molecule has 0 heterocycles. The third kappa shape index (κ3) is 5.93. The molecule has 7 heteroatoms. The third-order valence-corrected chi connectivity index (χ3v) is 2.91. The van der Waals surface area contributed by atoms with Crippen LogP contribution in [-0.2, 0) is 11.0 Å². The van der Waals surface area contributed by atoms with Crippen molar-refractivity contribution in [1.82, 2.24) is 5.32 Å². The van der Waals surface area contributed by atoms with E-state index in [1.165, 1.54) is 12.1 Å². The van der Waals surface area contributed by atoms with Crippen LogP contribution in [0.25, 0.3) is 0 Å². The fraction of sp³-hybridized carbons (Fsp3) is 0.500. The van der Waals surface area contributed by atoms with Crippen molar-refractivity contribution in [3.05, 3.63) is 28.8 Å². The molecule has 0 spiro atoms. The monoisotopic (exact) mass is 322 g/mol. The van der Waals surface area contributed by atoms with Gasteiger partial charge in [-0.2, -0.15) is 13.2 Å². The zero-order valence-corrected chi connectivity index (χ0v) is 12.8. The van der Waals surface area contributed by atoms with Crippen molar-refractivity contribution in [2.75, 3.05) is 11.9 Å². The first-order chi connectivity index (χ1) is 9.50. The lowest BCUT2D eigenvalue weighted by Gasteiger charge is -2.20. The molecule has 0 aromatic heterocycles. The minimum Gasteiger partial charge on any atom is -0.324 e. The zero-order valence-electron chi connectivity index (χ0n) is 12.1. The van der Waals surface area contributed by atoms with Gasteiger partial charge >= 0.3 is 6.18 Å². The number of nitrogens with one attached hydrogen (secondary N) is 2. The second-order valence-electron chi connectivity index (χ2n) is 5.64. The van der Waals surface area contributed by atoms with Crippen LogP contribution in [0.1, 0.15) is 32.8 Å². The number of hydrogen-bond donors (Lipinski definition) is 2. The number of benzene rings is 1. The summed E-state index contributed by atoms with van der Waals surface area (Å²) in [5.74, 6) is -0.523. The van der Waals surface area contributed by atoms with E-state index in [4.69, 9.17) is 11.6 Å². The number of amides is 1. The number of alkyl halides is 3. The van der Waals surface area contributed by atoms with E-state index < -0.39 is 23.3 Å². The molecule has 0 saturated carbocycles. The smallest absolute Gasteiger partial charge is 0.324 e. The molecule has 21 heavy (non-hydrogen) atoms. The van der Waals surface area contributed by atoms with E-state index in [0.717, 1.165) is 6.07 Å². The van der Waals surface area contributed by atoms with E-state index >= 15 is 0 Å². The third-order valence-electron chi connectivity index (χ3n) is 2.59. The van der Waals surface area contributed by atoms with Crippen molar-refractivity contribution in [2.45, 2.75) is 38.9 Å². The van der Waals surface area contributed by atoms with E-state index in [1.54, 1.807) is 0 Å². The normalized spacial score (nSPS) is 12.3. The highest BCUT2D eigenvalue weighted by molar-refractivity contribution is 6.34. The molecule has 1 aromatic rings. The number of carbonyl (C=O) groups excluding carboxylic acids is 1. The highest BCUT2D eigenvalue weighted by Crippen LogP contribution is 2.38. The first kappa shape index (κ1) is 17.8. The minimum atomic E-state index is -4.57. The van der Waals surface area contributed by atoms with Gasteiger partial charge in [0, 0.05) is 18.5 Å². The summed E-state index contributed by atoms with van der Waals surface area (Å²) in [7, 11) is 0. The highest BCUT2D eigenvalue weighted by Gasteiger charge is 2.34. The summed E-state index contributed by atoms with van der Waals surface area (Å²) in [6.07, 6.45) is -4.52. The molecular formula is C14H18ClF3N2O. The summed E-state index contributed by atoms with van der Waals surface area (Å²) in [4.78, 5) is 11.8. The number of anilines is 1. The summed E-state index contributed by atoms with van der Waals surface area (Å²) in [5, 5.41) is 5.19. The second-order valence-corrected chi connectivity index (χ2v) is 6.04. The van der Waals surface area contributed by atoms with Gasteiger partial charge in [0.25, 0.3) is 0 Å². The van der Waals surface area contributed by atoms with E-state index in [1.807, 2.05) is 20.8 Å². The van der Waals surface area contributed by atoms with Gasteiger partial charge < -0.3 is 10.6 Å². The Hall–Kier alpha value is -1.27. The molecule has 0 fully saturated rings. The van der Waals surface area contributed by atoms with Crippen molar-refractivity contribution in [2.24, 2.45) is 0 Å². The van der Waals surface area contributed by atoms with Gasteiger partial charge in [0.05, 0.1) is 16.3 Å². The molecule has 0 aliphatic rings. The van der Waals surface area contributed by atoms with Crippen LogP contribution >= 0.6 is 11.6 Å². The van der Waals surface area contributed by atoms with Gasteiger partial charge in [0.2, 0.25) is 5.91 Å². The van der Waals surface area contributed by atoms with Crippen LogP contribution < -0.4 is 10.6 Å². The molecular weight excluding hydrogens is 305 g/mol. The fourth-order valence-electron chi connectivity index (χ4n) is 1.64. The van der Waals surface area contributed by atoms with Crippen molar-refractivity contribution < 1.29 is 18.0 Å². The van der Waals surface area contributed by atoms with Crippen LogP contribution in [0.3, 0.4) is 0 Å². The molecule has 0 atom stereocenters. The summed E-state index contributed by atoms with van der Waals surface area (Å²) in [6, 6.07) is 3.39. The fourth-order valence-corrected chi connectivity index (χ4v) is 1.86. The standard InChI is InChI=1S/C14H18ClF3N2O/c1-13(2,3)19-8-7-11(21)20-12-9(14(16,17)18)5-4-6-10(12)15/h4-6,19H,7-8H2,1-3H3,(H,20,21). The molecule has 0 unspecified atom stereocenters. The van der Waals surface area contributed by atoms with Gasteiger partial charge in [-0.05, 0) is 32.9 Å². The van der Waals surface area contributed by atoms with Crippen LogP contribution in [-0.4, -0.2) is 18.0 Å². The van der Waals surface area contributed by atoms with Gasteiger partial charge in [0.1, 0.15) is 0 Å². The lowest BCUT2D eigenvalue weighted by molar-refractivity contribution is -0.137. The Morgan fingerprint density at radius 2 is 1.86 bits per heavy atom. The summed E-state index contributed by atoms with van der Waals surface area (Å²) >= 11 is 5.76. The summed E-state index contributed by atoms with van der Waals surface area (Å²) in [5.41, 5.74) is -1.51. The zero-order chi connectivity index (χ0) is 16.3. The van der Waals surface area contributed by atoms with Gasteiger partial charge in [0.15, 0.2) is 0 Å². The maximum Gasteiger partial charge on any atom is 0.418 e. The Kier molecular flexibility index (Phi) is 5.64. The Balaban J connectivity index is 2.77. The Morgan fingerprint density at radius 1 is 1.24 bits per heavy atom. The first-order valence-corrected chi connectivity index (χ1v) is 6.79. The molecule has 0 aliphatic heterocycles. The quantitative estimate of drug-likeness (QED) is 0.877. The highest BCUT2D eigenvalue weighted by atomic mass is 35.5. The van der Waals surface area contributed by atoms with Gasteiger partial charge in [-0.1, -0.05) is 17.7 Å². The van der Waals surface area contributed by atoms with Crippen LogP contribution in [0.5, 0.6) is 0 Å². The molecule has 0 saturated heterocycles. The lowest BCUT2D eigenvalue weighted by Crippen LogP contribution is -2.37. The van der Waals surface area contributed by atoms with Crippen LogP contribution in [0.15, 0.2) is 18.2 Å². The number of halogens is 4. The Bertz CT molecular complexity index is 510. The number of carbonyl (C=O) groups is 1. The van der Waals surface area contributed by atoms with Crippen molar-refractivity contribution >= 4 is 23.2 Å². The van der Waals surface area contributed by atoms with E-state index in [2.05, 4.69) is 10.6 Å². The maximum atomic E-state index is 12.9. The van der Waals surface area contributed by atoms with Crippen LogP contribution in [0.2, 0.25) is 5.02 Å². The molecule has 3 nitrogen and oxygen atoms in total. The molecule has 0 bridgehead atoms. The molecule has 2 N–H and O–H groups in total. The van der Waals surface area contributed by atoms with Crippen LogP contribution in [0.4, 0.5) is 18.9 Å². The first-order valence-electron chi connectivity index (χ1n) is 6.41. The van der Waals surface area contributed by atoms with E-state index in [9.17, 15) is 18.0 Å². The van der Waals surface area contributed by atoms with E-state index in [-0.39, 0.29) is 17.0 Å². The molecule has 0 radical (unpaired) electrons. The maximum absolute atomic E-state index is 12.9. The van der Waals surface area contributed by atoms with Crippen molar-refractivity contribution in [1.29, 1.82) is 0 Å². The average Bonchev–Trinajstić information content (AvgIpc) is 2.28. The Morgan fingerprint density at radius 3 is 2.38 bits per heavy atom. The predicted molar refractivity (Wildman–Crippen MR) is 77.5 cm³/mol. The number of para-hydroxylation sites is 1. The van der Waals surface area contributed by atoms with Gasteiger partial charge in [-0.15, -0.1) is 0 Å². The SMILES string of the molecule is CC(C)(C)NCCC(=O)Nc1c(Cl)cccc1C(F)(F)F. The number of hydrogen-bond acceptors (Lipinski definition) is 2. The largest absolute Gasteiger partial charge is 0.418 e. The topological polar surface area (TPSA) is 41.1 Å². The second kappa shape index (κ2) is 6.66. The van der Waals surface area contributed by atoms with Crippen molar-refractivity contribution in [3.8, 4) is 0 Å². The lowest BCUT2D eigenvalue weighted by atomic mass is 10.1. The summed E-state index contributed by atoms with van der Waals surface area (Å²) < 4.78 is 38.6. The van der Waals surface area contributed by atoms with Crippen molar-refractivity contribution in [3.63, 3.8) is 0 Å². The van der Waals surface area contributed by atoms with Crippen LogP contribution in [0, 0.1) is 0 Å². The molecule has 1 aromatic carbocycles. The minimum absolute atomic E-state index is 0.0553. The van der Waals surface area contributed by atoms with Gasteiger partial charge in [-0.25, -0.2) is 0 Å². The Labute approximate surface area is 126 Å². The van der Waals surface area contributed by atoms with E-state index in [0.29, 0.717) is 6.54 Å². The molecule has 0 aliphatic carbocycles. The van der Waals surface area contributed by atoms with Gasteiger partial charge in [-0.3, -0.25) is 4.79 Å².